The summed E-state index contributed by atoms with van der Waals surface area (Å²) in [5, 5.41) is 3.12. The molecule has 0 aromatic heterocycles. The van der Waals surface area contributed by atoms with Gasteiger partial charge in [0.05, 0.1) is 18.2 Å². The van der Waals surface area contributed by atoms with Crippen LogP contribution < -0.4 is 5.32 Å². The second-order valence-electron chi connectivity index (χ2n) is 5.34. The Morgan fingerprint density at radius 3 is 2.36 bits per heavy atom. The number of benzene rings is 1. The molecule has 1 saturated heterocycles. The number of fused-ring (bicyclic) bond motifs is 1. The number of rotatable bonds is 2. The quantitative estimate of drug-likeness (QED) is 0.847. The smallest absolute Gasteiger partial charge is 0.247 e. The summed E-state index contributed by atoms with van der Waals surface area (Å²) >= 11 is 0. The van der Waals surface area contributed by atoms with Gasteiger partial charge in [0.1, 0.15) is 0 Å². The van der Waals surface area contributed by atoms with Crippen molar-refractivity contribution < 1.29 is 9.53 Å². The Morgan fingerprint density at radius 2 is 1.68 bits per heavy atom. The molecular formula is C19H27NO2. The molecule has 4 rings (SSSR count). The molecule has 3 unspecified atom stereocenters. The lowest BCUT2D eigenvalue weighted by molar-refractivity contribution is -0.117. The van der Waals surface area contributed by atoms with Gasteiger partial charge in [0, 0.05) is 12.0 Å². The largest absolute Gasteiger partial charge is 0.369 e. The zero-order valence-electron chi connectivity index (χ0n) is 14.1. The van der Waals surface area contributed by atoms with Crippen molar-refractivity contribution in [3.05, 3.63) is 47.0 Å². The summed E-state index contributed by atoms with van der Waals surface area (Å²) in [6, 6.07) is 10.5. The first-order valence-corrected chi connectivity index (χ1v) is 8.53. The van der Waals surface area contributed by atoms with Crippen molar-refractivity contribution in [3.8, 4) is 0 Å². The van der Waals surface area contributed by atoms with Gasteiger partial charge in [-0.05, 0) is 24.0 Å². The number of amides is 1. The fraction of sp³-hybridized carbons (Fsp3) is 0.526. The van der Waals surface area contributed by atoms with Crippen molar-refractivity contribution >= 4 is 5.91 Å². The van der Waals surface area contributed by atoms with Crippen LogP contribution in [0.4, 0.5) is 0 Å². The fourth-order valence-corrected chi connectivity index (χ4v) is 3.16. The summed E-state index contributed by atoms with van der Waals surface area (Å²) < 4.78 is 5.54. The molecule has 1 aromatic rings. The zero-order valence-corrected chi connectivity index (χ0v) is 14.1. The number of carbonyl (C=O) groups excluding carboxylic acids is 1. The van der Waals surface area contributed by atoms with Gasteiger partial charge in [-0.15, -0.1) is 0 Å². The minimum absolute atomic E-state index is 0.125. The van der Waals surface area contributed by atoms with Gasteiger partial charge in [0.2, 0.25) is 5.91 Å². The predicted molar refractivity (Wildman–Crippen MR) is 89.7 cm³/mol. The standard InChI is InChI=1S/C15H15NO2.2C2H6/c17-15-11-8-14-13(18-14)7-10(11)12(16-15)6-9-4-2-1-3-5-9;2*1-2/h1-5,12-14H,6-8H2,(H,16,17);2*1-2H3. The molecule has 3 aliphatic rings. The fourth-order valence-electron chi connectivity index (χ4n) is 3.16. The number of epoxide rings is 1. The number of carbonyl (C=O) groups is 1. The van der Waals surface area contributed by atoms with Crippen LogP contribution in [-0.2, 0) is 16.0 Å². The van der Waals surface area contributed by atoms with Crippen LogP contribution in [0.3, 0.4) is 0 Å². The molecule has 22 heavy (non-hydrogen) atoms. The van der Waals surface area contributed by atoms with Crippen molar-refractivity contribution in [2.45, 2.75) is 65.2 Å². The van der Waals surface area contributed by atoms with Crippen LogP contribution in [0.5, 0.6) is 0 Å². The number of ether oxygens (including phenoxy) is 1. The highest BCUT2D eigenvalue weighted by Gasteiger charge is 2.48. The van der Waals surface area contributed by atoms with Crippen LogP contribution in [0.2, 0.25) is 0 Å². The Bertz CT molecular complexity index is 536. The molecule has 1 amide bonds. The van der Waals surface area contributed by atoms with Gasteiger partial charge in [0.25, 0.3) is 0 Å². The minimum atomic E-state index is 0.125. The van der Waals surface area contributed by atoms with E-state index in [4.69, 9.17) is 4.74 Å². The van der Waals surface area contributed by atoms with Gasteiger partial charge in [-0.2, -0.15) is 0 Å². The molecule has 0 bridgehead atoms. The van der Waals surface area contributed by atoms with Crippen LogP contribution in [0.25, 0.3) is 0 Å². The van der Waals surface area contributed by atoms with E-state index in [9.17, 15) is 4.79 Å². The third-order valence-corrected chi connectivity index (χ3v) is 4.18. The predicted octanol–water partition coefficient (Wildman–Crippen LogP) is 3.64. The molecule has 1 fully saturated rings. The summed E-state index contributed by atoms with van der Waals surface area (Å²) in [5.41, 5.74) is 3.56. The maximum absolute atomic E-state index is 11.9. The highest BCUT2D eigenvalue weighted by molar-refractivity contribution is 5.98. The minimum Gasteiger partial charge on any atom is -0.369 e. The maximum Gasteiger partial charge on any atom is 0.247 e. The lowest BCUT2D eigenvalue weighted by Gasteiger charge is -2.16. The van der Waals surface area contributed by atoms with E-state index in [2.05, 4.69) is 17.4 Å². The first kappa shape index (κ1) is 16.8. The molecule has 3 atom stereocenters. The zero-order chi connectivity index (χ0) is 16.1. The van der Waals surface area contributed by atoms with Gasteiger partial charge < -0.3 is 10.1 Å². The average Bonchev–Trinajstić information content (AvgIpc) is 3.30. The van der Waals surface area contributed by atoms with Gasteiger partial charge in [-0.3, -0.25) is 4.79 Å². The first-order valence-electron chi connectivity index (χ1n) is 8.53. The van der Waals surface area contributed by atoms with E-state index in [1.807, 2.05) is 45.9 Å². The highest BCUT2D eigenvalue weighted by Crippen LogP contribution is 2.43. The van der Waals surface area contributed by atoms with Crippen LogP contribution in [0.1, 0.15) is 46.1 Å². The summed E-state index contributed by atoms with van der Waals surface area (Å²) in [7, 11) is 0. The topological polar surface area (TPSA) is 41.6 Å². The normalized spacial score (nSPS) is 27.5. The van der Waals surface area contributed by atoms with Crippen LogP contribution >= 0.6 is 0 Å². The molecule has 1 aromatic carbocycles. The Labute approximate surface area is 133 Å². The molecular weight excluding hydrogens is 274 g/mol. The van der Waals surface area contributed by atoms with E-state index in [0.717, 1.165) is 24.8 Å². The van der Waals surface area contributed by atoms with Crippen LogP contribution in [-0.4, -0.2) is 24.2 Å². The molecule has 0 spiro atoms. The Morgan fingerprint density at radius 1 is 1.05 bits per heavy atom. The lowest BCUT2D eigenvalue weighted by atomic mass is 9.88. The van der Waals surface area contributed by atoms with E-state index in [0.29, 0.717) is 12.2 Å². The molecule has 120 valence electrons. The molecule has 1 N–H and O–H groups in total. The number of nitrogens with one attached hydrogen (secondary N) is 1. The summed E-state index contributed by atoms with van der Waals surface area (Å²) in [5.74, 6) is 0.125. The summed E-state index contributed by atoms with van der Waals surface area (Å²) in [4.78, 5) is 11.9. The van der Waals surface area contributed by atoms with Gasteiger partial charge in [-0.1, -0.05) is 58.0 Å². The van der Waals surface area contributed by atoms with Crippen LogP contribution in [0.15, 0.2) is 41.5 Å². The van der Waals surface area contributed by atoms with E-state index >= 15 is 0 Å². The molecule has 2 heterocycles. The Balaban J connectivity index is 0.000000410. The van der Waals surface area contributed by atoms with Crippen LogP contribution in [0, 0.1) is 0 Å². The first-order chi connectivity index (χ1) is 10.8. The van der Waals surface area contributed by atoms with Crippen molar-refractivity contribution in [3.63, 3.8) is 0 Å². The highest BCUT2D eigenvalue weighted by atomic mass is 16.6. The molecule has 3 nitrogen and oxygen atoms in total. The Hall–Kier alpha value is -1.61. The van der Waals surface area contributed by atoms with Crippen molar-refractivity contribution in [2.75, 3.05) is 0 Å². The average molecular weight is 301 g/mol. The lowest BCUT2D eigenvalue weighted by Crippen LogP contribution is -2.30. The molecule has 1 aliphatic carbocycles. The Kier molecular flexibility index (Phi) is 5.78. The van der Waals surface area contributed by atoms with Crippen molar-refractivity contribution in [1.82, 2.24) is 5.32 Å². The molecule has 0 radical (unpaired) electrons. The molecule has 0 saturated carbocycles. The van der Waals surface area contributed by atoms with Gasteiger partial charge in [0.15, 0.2) is 0 Å². The van der Waals surface area contributed by atoms with E-state index in [-0.39, 0.29) is 11.9 Å². The van der Waals surface area contributed by atoms with E-state index in [1.54, 1.807) is 0 Å². The number of hydrogen-bond acceptors (Lipinski definition) is 2. The third-order valence-electron chi connectivity index (χ3n) is 4.18. The second kappa shape index (κ2) is 7.59. The third kappa shape index (κ3) is 3.41. The van der Waals surface area contributed by atoms with Gasteiger partial charge >= 0.3 is 0 Å². The monoisotopic (exact) mass is 301 g/mol. The van der Waals surface area contributed by atoms with Gasteiger partial charge in [-0.25, -0.2) is 0 Å². The summed E-state index contributed by atoms with van der Waals surface area (Å²) in [6.07, 6.45) is 3.36. The summed E-state index contributed by atoms with van der Waals surface area (Å²) in [6.45, 7) is 8.00. The van der Waals surface area contributed by atoms with E-state index < -0.39 is 0 Å². The number of hydrogen-bond donors (Lipinski definition) is 1. The second-order valence-corrected chi connectivity index (χ2v) is 5.34. The van der Waals surface area contributed by atoms with Crippen molar-refractivity contribution in [2.24, 2.45) is 0 Å². The van der Waals surface area contributed by atoms with E-state index in [1.165, 1.54) is 11.1 Å². The van der Waals surface area contributed by atoms with Crippen molar-refractivity contribution in [1.29, 1.82) is 0 Å². The molecule has 2 aliphatic heterocycles. The SMILES string of the molecule is CC.CC.O=C1NC(Cc2ccccc2)C2=C1CC1OC1C2. The maximum atomic E-state index is 11.9. The molecule has 3 heteroatoms.